The summed E-state index contributed by atoms with van der Waals surface area (Å²) in [6.45, 7) is 4.23. The molecule has 296 valence electrons. The molecule has 5 atom stereocenters. The molecule has 0 bridgehead atoms. The van der Waals surface area contributed by atoms with Crippen LogP contribution in [-0.4, -0.2) is 64.6 Å². The summed E-state index contributed by atoms with van der Waals surface area (Å²) in [7, 11) is 0. The Morgan fingerprint density at radius 3 is 1.14 bits per heavy atom. The summed E-state index contributed by atoms with van der Waals surface area (Å²) in [5, 5.41) is 31.2. The molecule has 0 unspecified atom stereocenters. The van der Waals surface area contributed by atoms with Crippen LogP contribution in [0.2, 0.25) is 0 Å². The van der Waals surface area contributed by atoms with E-state index in [1.807, 2.05) is 0 Å². The Labute approximate surface area is 307 Å². The van der Waals surface area contributed by atoms with Crippen molar-refractivity contribution in [1.82, 2.24) is 0 Å². The zero-order valence-electron chi connectivity index (χ0n) is 32.6. The van der Waals surface area contributed by atoms with Crippen LogP contribution in [0.25, 0.3) is 0 Å². The molecule has 1 aliphatic heterocycles. The molecule has 0 aliphatic carbocycles. The van der Waals surface area contributed by atoms with Gasteiger partial charge < -0.3 is 29.5 Å². The molecule has 1 rings (SSSR count). The van der Waals surface area contributed by atoms with Gasteiger partial charge in [-0.2, -0.15) is 0 Å². The largest absolute Gasteiger partial charge is 0.463 e. The minimum atomic E-state index is -1.65. The number of esters is 2. The van der Waals surface area contributed by atoms with Crippen LogP contribution in [0.15, 0.2) is 0 Å². The average molecular weight is 713 g/mol. The molecule has 0 aromatic rings. The minimum Gasteiger partial charge on any atom is -0.463 e. The van der Waals surface area contributed by atoms with Crippen LogP contribution in [0.5, 0.6) is 0 Å². The lowest BCUT2D eigenvalue weighted by atomic mass is 9.99. The predicted molar refractivity (Wildman–Crippen MR) is 203 cm³/mol. The van der Waals surface area contributed by atoms with Gasteiger partial charge in [0, 0.05) is 12.8 Å². The van der Waals surface area contributed by atoms with E-state index in [0.717, 1.165) is 38.5 Å². The molecule has 50 heavy (non-hydrogen) atoms. The van der Waals surface area contributed by atoms with Crippen molar-refractivity contribution >= 4 is 11.9 Å². The lowest BCUT2D eigenvalue weighted by molar-refractivity contribution is -0.290. The Bertz CT molecular complexity index is 777. The van der Waals surface area contributed by atoms with E-state index in [2.05, 4.69) is 13.8 Å². The quantitative estimate of drug-likeness (QED) is 0.0438. The summed E-state index contributed by atoms with van der Waals surface area (Å²) < 4.78 is 16.0. The molecule has 0 radical (unpaired) electrons. The third-order valence-electron chi connectivity index (χ3n) is 10.3. The van der Waals surface area contributed by atoms with Crippen molar-refractivity contribution in [3.63, 3.8) is 0 Å². The average Bonchev–Trinajstić information content (AvgIpc) is 3.11. The maximum absolute atomic E-state index is 12.5. The van der Waals surface area contributed by atoms with Gasteiger partial charge in [0.15, 0.2) is 12.4 Å². The first kappa shape index (κ1) is 46.8. The van der Waals surface area contributed by atoms with Crippen molar-refractivity contribution in [2.75, 3.05) is 6.61 Å². The summed E-state index contributed by atoms with van der Waals surface area (Å²) in [4.78, 5) is 24.8. The van der Waals surface area contributed by atoms with Gasteiger partial charge in [-0.15, -0.1) is 0 Å². The molecule has 1 fully saturated rings. The molecular formula is C42H80O8. The third-order valence-corrected chi connectivity index (χ3v) is 10.3. The SMILES string of the molecule is CCCCCCCCCCCCCCCCCC(=O)OC[C@H]1O[C@@H](O)[C@H](O)[C@@H](OC(=O)CCCCCCCCCCCCCCCCC)[C@@H]1O. The number of hydrogen-bond donors (Lipinski definition) is 3. The normalized spacial score (nSPS) is 20.6. The molecule has 1 heterocycles. The highest BCUT2D eigenvalue weighted by atomic mass is 16.7. The summed E-state index contributed by atoms with van der Waals surface area (Å²) >= 11 is 0. The van der Waals surface area contributed by atoms with Gasteiger partial charge in [-0.1, -0.05) is 194 Å². The van der Waals surface area contributed by atoms with Crippen molar-refractivity contribution < 1.29 is 39.1 Å². The standard InChI is InChI=1S/C42H80O8/c1-3-5-7-9-11-13-15-17-19-21-23-25-27-29-31-33-37(43)48-35-36-39(45)41(40(46)42(47)49-36)50-38(44)34-32-30-28-26-24-22-20-18-16-14-12-10-8-6-4-2/h36,39-42,45-47H,3-35H2,1-2H3/t36-,39-,40-,41+,42-/m1/s1. The molecule has 1 aliphatic rings. The van der Waals surface area contributed by atoms with Crippen LogP contribution >= 0.6 is 0 Å². The van der Waals surface area contributed by atoms with Crippen LogP contribution in [0.3, 0.4) is 0 Å². The third kappa shape index (κ3) is 25.7. The molecule has 8 heteroatoms. The van der Waals surface area contributed by atoms with E-state index in [9.17, 15) is 24.9 Å². The number of aliphatic hydroxyl groups excluding tert-OH is 3. The van der Waals surface area contributed by atoms with Gasteiger partial charge in [-0.25, -0.2) is 0 Å². The van der Waals surface area contributed by atoms with Crippen molar-refractivity contribution in [2.45, 2.75) is 250 Å². The second kappa shape index (κ2) is 33.6. The maximum atomic E-state index is 12.5. The van der Waals surface area contributed by atoms with Crippen LogP contribution in [0.4, 0.5) is 0 Å². The van der Waals surface area contributed by atoms with E-state index >= 15 is 0 Å². The second-order valence-electron chi connectivity index (χ2n) is 15.1. The van der Waals surface area contributed by atoms with Gasteiger partial charge >= 0.3 is 11.9 Å². The van der Waals surface area contributed by atoms with Crippen LogP contribution in [-0.2, 0) is 23.8 Å². The number of ether oxygens (including phenoxy) is 3. The molecule has 0 aromatic carbocycles. The maximum Gasteiger partial charge on any atom is 0.306 e. The van der Waals surface area contributed by atoms with E-state index in [1.54, 1.807) is 0 Å². The van der Waals surface area contributed by atoms with Crippen LogP contribution in [0.1, 0.15) is 219 Å². The monoisotopic (exact) mass is 713 g/mol. The first-order chi connectivity index (χ1) is 24.4. The highest BCUT2D eigenvalue weighted by Crippen LogP contribution is 2.24. The minimum absolute atomic E-state index is 0.185. The predicted octanol–water partition coefficient (Wildman–Crippen LogP) is 10.4. The summed E-state index contributed by atoms with van der Waals surface area (Å²) in [6, 6.07) is 0. The Morgan fingerprint density at radius 2 is 0.780 bits per heavy atom. The highest BCUT2D eigenvalue weighted by Gasteiger charge is 2.46. The number of rotatable bonds is 35. The Balaban J connectivity index is 2.07. The van der Waals surface area contributed by atoms with Crippen LogP contribution < -0.4 is 0 Å². The second-order valence-corrected chi connectivity index (χ2v) is 15.1. The van der Waals surface area contributed by atoms with Crippen molar-refractivity contribution in [1.29, 1.82) is 0 Å². The van der Waals surface area contributed by atoms with Crippen molar-refractivity contribution in [3.05, 3.63) is 0 Å². The van der Waals surface area contributed by atoms with Crippen molar-refractivity contribution in [3.8, 4) is 0 Å². The lowest BCUT2D eigenvalue weighted by Gasteiger charge is -2.39. The van der Waals surface area contributed by atoms with Gasteiger partial charge in [-0.05, 0) is 12.8 Å². The summed E-state index contributed by atoms with van der Waals surface area (Å²) in [5.41, 5.74) is 0. The number of carbonyl (C=O) groups is 2. The van der Waals surface area contributed by atoms with Gasteiger partial charge in [0.05, 0.1) is 0 Å². The van der Waals surface area contributed by atoms with Gasteiger partial charge in [0.25, 0.3) is 0 Å². The molecule has 0 saturated carbocycles. The van der Waals surface area contributed by atoms with Crippen LogP contribution in [0, 0.1) is 0 Å². The summed E-state index contributed by atoms with van der Waals surface area (Å²) in [6.07, 6.45) is 30.7. The Morgan fingerprint density at radius 1 is 0.460 bits per heavy atom. The zero-order chi connectivity index (χ0) is 36.5. The van der Waals surface area contributed by atoms with E-state index in [0.29, 0.717) is 6.42 Å². The number of hydrogen-bond acceptors (Lipinski definition) is 8. The smallest absolute Gasteiger partial charge is 0.306 e. The Hall–Kier alpha value is -1.22. The number of unbranched alkanes of at least 4 members (excludes halogenated alkanes) is 28. The van der Waals surface area contributed by atoms with Gasteiger partial charge in [0.2, 0.25) is 0 Å². The fraction of sp³-hybridized carbons (Fsp3) is 0.952. The molecule has 8 nitrogen and oxygen atoms in total. The number of carbonyl (C=O) groups excluding carboxylic acids is 2. The first-order valence-electron chi connectivity index (χ1n) is 21.4. The number of aliphatic hydroxyl groups is 3. The molecular weight excluding hydrogens is 632 g/mol. The van der Waals surface area contributed by atoms with E-state index in [4.69, 9.17) is 14.2 Å². The summed E-state index contributed by atoms with van der Waals surface area (Å²) in [5.74, 6) is -0.918. The first-order valence-corrected chi connectivity index (χ1v) is 21.4. The fourth-order valence-corrected chi connectivity index (χ4v) is 6.93. The molecule has 0 amide bonds. The van der Waals surface area contributed by atoms with E-state index < -0.39 is 42.6 Å². The van der Waals surface area contributed by atoms with Gasteiger partial charge in [-0.3, -0.25) is 9.59 Å². The fourth-order valence-electron chi connectivity index (χ4n) is 6.93. The molecule has 0 spiro atoms. The molecule has 1 saturated heterocycles. The van der Waals surface area contributed by atoms with E-state index in [-0.39, 0.29) is 19.4 Å². The lowest BCUT2D eigenvalue weighted by Crippen LogP contribution is -2.60. The van der Waals surface area contributed by atoms with Crippen molar-refractivity contribution in [2.24, 2.45) is 0 Å². The van der Waals surface area contributed by atoms with Gasteiger partial charge in [0.1, 0.15) is 24.9 Å². The molecule has 0 aromatic heterocycles. The Kier molecular flexibility index (Phi) is 31.5. The molecule has 3 N–H and O–H groups in total. The highest BCUT2D eigenvalue weighted by molar-refractivity contribution is 5.70. The zero-order valence-corrected chi connectivity index (χ0v) is 32.6. The topological polar surface area (TPSA) is 123 Å². The van der Waals surface area contributed by atoms with E-state index in [1.165, 1.54) is 148 Å².